The molecule has 0 aromatic heterocycles. The molecule has 1 fully saturated rings. The van der Waals surface area contributed by atoms with E-state index in [-0.39, 0.29) is 18.1 Å². The molecule has 2 amide bonds. The van der Waals surface area contributed by atoms with Crippen LogP contribution in [0.15, 0.2) is 30.3 Å². The van der Waals surface area contributed by atoms with Gasteiger partial charge in [0.15, 0.2) is 0 Å². The van der Waals surface area contributed by atoms with Crippen LogP contribution in [-0.4, -0.2) is 66.3 Å². The summed E-state index contributed by atoms with van der Waals surface area (Å²) in [6, 6.07) is 10.1. The molecule has 0 unspecified atom stereocenters. The monoisotopic (exact) mass is 319 g/mol. The third kappa shape index (κ3) is 5.52. The van der Waals surface area contributed by atoms with Crippen molar-refractivity contribution in [2.75, 3.05) is 39.3 Å². The first kappa shape index (κ1) is 17.8. The summed E-state index contributed by atoms with van der Waals surface area (Å²) in [4.78, 5) is 16.6. The lowest BCUT2D eigenvalue weighted by Crippen LogP contribution is -2.52. The van der Waals surface area contributed by atoms with Gasteiger partial charge in [-0.15, -0.1) is 0 Å². The Bertz CT molecular complexity index is 470. The van der Waals surface area contributed by atoms with Crippen LogP contribution in [0.25, 0.3) is 0 Å². The van der Waals surface area contributed by atoms with Gasteiger partial charge in [-0.3, -0.25) is 0 Å². The Hall–Kier alpha value is -1.59. The Kier molecular flexibility index (Phi) is 6.86. The maximum atomic E-state index is 12.3. The van der Waals surface area contributed by atoms with Crippen LogP contribution in [-0.2, 0) is 0 Å². The van der Waals surface area contributed by atoms with Gasteiger partial charge in [-0.1, -0.05) is 37.3 Å². The lowest BCUT2D eigenvalue weighted by Gasteiger charge is -2.34. The first-order valence-electron chi connectivity index (χ1n) is 8.58. The van der Waals surface area contributed by atoms with Gasteiger partial charge in [0, 0.05) is 38.6 Å². The molecule has 2 atom stereocenters. The second-order valence-electron chi connectivity index (χ2n) is 6.30. The molecule has 0 radical (unpaired) electrons. The van der Waals surface area contributed by atoms with Crippen molar-refractivity contribution in [2.24, 2.45) is 0 Å². The smallest absolute Gasteiger partial charge is 0.317 e. The van der Waals surface area contributed by atoms with Crippen molar-refractivity contribution in [3.8, 4) is 0 Å². The Morgan fingerprint density at radius 1 is 1.22 bits per heavy atom. The number of nitrogens with zero attached hydrogens (tertiary/aromatic N) is 2. The largest absolute Gasteiger partial charge is 0.393 e. The number of likely N-dealkylation sites (N-methyl/N-ethyl adjacent to an activating group) is 1. The van der Waals surface area contributed by atoms with Crippen LogP contribution < -0.4 is 5.32 Å². The van der Waals surface area contributed by atoms with Gasteiger partial charge >= 0.3 is 6.03 Å². The molecule has 0 bridgehead atoms. The predicted octanol–water partition coefficient (Wildman–Crippen LogP) is 1.89. The number of amides is 2. The number of nitrogens with one attached hydrogen (secondary N) is 1. The molecule has 5 heteroatoms. The van der Waals surface area contributed by atoms with Gasteiger partial charge in [0.1, 0.15) is 0 Å². The van der Waals surface area contributed by atoms with E-state index in [0.29, 0.717) is 13.0 Å². The molecular weight excluding hydrogens is 290 g/mol. The van der Waals surface area contributed by atoms with Gasteiger partial charge in [0.25, 0.3) is 0 Å². The van der Waals surface area contributed by atoms with Crippen molar-refractivity contribution in [1.82, 2.24) is 15.1 Å². The number of piperazine rings is 1. The van der Waals surface area contributed by atoms with E-state index in [1.165, 1.54) is 0 Å². The third-order valence-electron chi connectivity index (χ3n) is 4.50. The second kappa shape index (κ2) is 8.89. The molecule has 23 heavy (non-hydrogen) atoms. The van der Waals surface area contributed by atoms with E-state index in [4.69, 9.17) is 0 Å². The fourth-order valence-corrected chi connectivity index (χ4v) is 3.06. The molecule has 0 saturated carbocycles. The zero-order valence-corrected chi connectivity index (χ0v) is 14.2. The second-order valence-corrected chi connectivity index (χ2v) is 6.30. The molecule has 1 aliphatic rings. The number of rotatable bonds is 6. The summed E-state index contributed by atoms with van der Waals surface area (Å²) < 4.78 is 0. The zero-order chi connectivity index (χ0) is 16.7. The maximum absolute atomic E-state index is 12.3. The van der Waals surface area contributed by atoms with Crippen LogP contribution in [0.1, 0.15) is 31.7 Å². The van der Waals surface area contributed by atoms with Crippen molar-refractivity contribution >= 4 is 6.03 Å². The van der Waals surface area contributed by atoms with E-state index in [0.717, 1.165) is 38.3 Å². The first-order valence-corrected chi connectivity index (χ1v) is 8.58. The Morgan fingerprint density at radius 2 is 1.87 bits per heavy atom. The number of aliphatic hydroxyl groups excluding tert-OH is 1. The highest BCUT2D eigenvalue weighted by Gasteiger charge is 2.21. The molecule has 1 aromatic rings. The van der Waals surface area contributed by atoms with Crippen LogP contribution in [0.5, 0.6) is 0 Å². The Morgan fingerprint density at radius 3 is 2.43 bits per heavy atom. The predicted molar refractivity (Wildman–Crippen MR) is 92.6 cm³/mol. The summed E-state index contributed by atoms with van der Waals surface area (Å²) >= 11 is 0. The summed E-state index contributed by atoms with van der Waals surface area (Å²) in [5.41, 5.74) is 1.16. The van der Waals surface area contributed by atoms with E-state index in [9.17, 15) is 9.90 Å². The van der Waals surface area contributed by atoms with E-state index in [1.807, 2.05) is 23.1 Å². The quantitative estimate of drug-likeness (QED) is 0.842. The minimum atomic E-state index is -0.384. The van der Waals surface area contributed by atoms with Crippen LogP contribution in [0.2, 0.25) is 0 Å². The van der Waals surface area contributed by atoms with Gasteiger partial charge < -0.3 is 20.2 Å². The first-order chi connectivity index (χ1) is 11.1. The molecule has 128 valence electrons. The minimum Gasteiger partial charge on any atom is -0.393 e. The molecular formula is C18H29N3O2. The highest BCUT2D eigenvalue weighted by Crippen LogP contribution is 2.20. The topological polar surface area (TPSA) is 55.8 Å². The number of urea groups is 1. The Labute approximate surface area is 139 Å². The van der Waals surface area contributed by atoms with Gasteiger partial charge in [-0.05, 0) is 25.5 Å². The lowest BCUT2D eigenvalue weighted by molar-refractivity contribution is 0.141. The highest BCUT2D eigenvalue weighted by atomic mass is 16.3. The zero-order valence-electron chi connectivity index (χ0n) is 14.2. The average molecular weight is 319 g/mol. The summed E-state index contributed by atoms with van der Waals surface area (Å²) in [6.45, 7) is 9.00. The van der Waals surface area contributed by atoms with Crippen molar-refractivity contribution in [2.45, 2.75) is 32.3 Å². The fourth-order valence-electron chi connectivity index (χ4n) is 3.06. The van der Waals surface area contributed by atoms with E-state index < -0.39 is 0 Å². The number of benzene rings is 1. The number of carbonyl (C=O) groups is 1. The summed E-state index contributed by atoms with van der Waals surface area (Å²) in [7, 11) is 0. The molecule has 5 nitrogen and oxygen atoms in total. The highest BCUT2D eigenvalue weighted by molar-refractivity contribution is 5.74. The summed E-state index contributed by atoms with van der Waals surface area (Å²) in [5.74, 6) is 0.136. The maximum Gasteiger partial charge on any atom is 0.317 e. The number of aliphatic hydroxyl groups is 1. The molecule has 2 N–H and O–H groups in total. The molecule has 2 rings (SSSR count). The molecule has 1 saturated heterocycles. The van der Waals surface area contributed by atoms with Crippen molar-refractivity contribution < 1.29 is 9.90 Å². The van der Waals surface area contributed by atoms with E-state index in [1.54, 1.807) is 6.92 Å². The fraction of sp³-hybridized carbons (Fsp3) is 0.611. The van der Waals surface area contributed by atoms with Crippen LogP contribution in [0.3, 0.4) is 0 Å². The minimum absolute atomic E-state index is 0.00674. The molecule has 1 heterocycles. The van der Waals surface area contributed by atoms with Crippen molar-refractivity contribution in [1.29, 1.82) is 0 Å². The standard InChI is InChI=1S/C18H29N3O2/c1-3-20-9-11-21(12-10-20)18(23)19-14-17(13-15(2)22)16-7-5-4-6-8-16/h4-8,15,17,22H,3,9-14H2,1-2H3,(H,19,23)/t15-,17+/m1/s1. The summed E-state index contributed by atoms with van der Waals surface area (Å²) in [6.07, 6.45) is 0.263. The molecule has 1 aliphatic heterocycles. The molecule has 0 spiro atoms. The van der Waals surface area contributed by atoms with Crippen molar-refractivity contribution in [3.05, 3.63) is 35.9 Å². The van der Waals surface area contributed by atoms with Gasteiger partial charge in [-0.2, -0.15) is 0 Å². The Balaban J connectivity index is 1.87. The van der Waals surface area contributed by atoms with Crippen LogP contribution in [0.4, 0.5) is 4.79 Å². The number of carbonyl (C=O) groups excluding carboxylic acids is 1. The molecule has 1 aromatic carbocycles. The lowest BCUT2D eigenvalue weighted by atomic mass is 9.93. The van der Waals surface area contributed by atoms with E-state index >= 15 is 0 Å². The number of hydrogen-bond donors (Lipinski definition) is 2. The third-order valence-corrected chi connectivity index (χ3v) is 4.50. The normalized spacial score (nSPS) is 18.5. The van der Waals surface area contributed by atoms with Gasteiger partial charge in [0.05, 0.1) is 6.10 Å². The SMILES string of the molecule is CCN1CCN(C(=O)NC[C@H](C[C@@H](C)O)c2ccccc2)CC1. The van der Waals surface area contributed by atoms with Gasteiger partial charge in [-0.25, -0.2) is 4.79 Å². The molecule has 0 aliphatic carbocycles. The van der Waals surface area contributed by atoms with Crippen molar-refractivity contribution in [3.63, 3.8) is 0 Å². The van der Waals surface area contributed by atoms with E-state index in [2.05, 4.69) is 29.3 Å². The van der Waals surface area contributed by atoms with Crippen LogP contribution >= 0.6 is 0 Å². The van der Waals surface area contributed by atoms with Crippen LogP contribution in [0, 0.1) is 0 Å². The van der Waals surface area contributed by atoms with Gasteiger partial charge in [0.2, 0.25) is 0 Å². The summed E-state index contributed by atoms with van der Waals surface area (Å²) in [5, 5.41) is 12.8. The average Bonchev–Trinajstić information content (AvgIpc) is 2.59. The number of hydrogen-bond acceptors (Lipinski definition) is 3.